The van der Waals surface area contributed by atoms with Crippen LogP contribution < -0.4 is 20.9 Å². The summed E-state index contributed by atoms with van der Waals surface area (Å²) in [6.07, 6.45) is 1.79. The van der Waals surface area contributed by atoms with Gasteiger partial charge in [0.25, 0.3) is 15.6 Å². The predicted molar refractivity (Wildman–Crippen MR) is 158 cm³/mol. The van der Waals surface area contributed by atoms with Crippen molar-refractivity contribution in [2.75, 3.05) is 17.7 Å². The molecule has 2 heterocycles. The van der Waals surface area contributed by atoms with E-state index in [1.165, 1.54) is 6.07 Å². The summed E-state index contributed by atoms with van der Waals surface area (Å²) >= 11 is 12.4. The van der Waals surface area contributed by atoms with Gasteiger partial charge in [-0.25, -0.2) is 17.9 Å². The molecule has 0 saturated carbocycles. The molecule has 0 saturated heterocycles. The van der Waals surface area contributed by atoms with Gasteiger partial charge in [0.05, 0.1) is 5.02 Å². The van der Waals surface area contributed by atoms with Gasteiger partial charge in [-0.2, -0.15) is 0 Å². The molecule has 198 valence electrons. The normalized spacial score (nSPS) is 11.4. The first kappa shape index (κ1) is 26.8. The van der Waals surface area contributed by atoms with E-state index in [0.29, 0.717) is 16.8 Å². The zero-order valence-electron chi connectivity index (χ0n) is 20.2. The minimum atomic E-state index is -4.16. The maximum atomic E-state index is 13.5. The quantitative estimate of drug-likeness (QED) is 0.204. The zero-order chi connectivity index (χ0) is 27.7. The number of nitrogens with zero attached hydrogens (tertiary/aromatic N) is 1. The smallest absolute Gasteiger partial charge is 0.333 e. The predicted octanol–water partition coefficient (Wildman–Crippen LogP) is 6.58. The molecular weight excluding hydrogens is 579 g/mol. The van der Waals surface area contributed by atoms with Crippen LogP contribution in [0.1, 0.15) is 0 Å². The lowest BCUT2D eigenvalue weighted by Gasteiger charge is -2.14. The number of halogens is 2. The monoisotopic (exact) mass is 598 g/mol. The summed E-state index contributed by atoms with van der Waals surface area (Å²) in [5.74, 6) is 0. The molecular formula is C27H20Cl2N4O4S2. The van der Waals surface area contributed by atoms with Gasteiger partial charge in [0, 0.05) is 41.3 Å². The first-order valence-electron chi connectivity index (χ1n) is 11.5. The molecule has 0 fully saturated rings. The van der Waals surface area contributed by atoms with E-state index in [1.807, 2.05) is 54.2 Å². The molecule has 0 spiro atoms. The third-order valence-corrected chi connectivity index (χ3v) is 9.58. The summed E-state index contributed by atoms with van der Waals surface area (Å²) in [5.41, 5.74) is 3.41. The lowest BCUT2D eigenvalue weighted by molar-refractivity contribution is 0.256. The summed E-state index contributed by atoms with van der Waals surface area (Å²) in [6, 6.07) is 22.0. The molecule has 5 rings (SSSR count). The lowest BCUT2D eigenvalue weighted by atomic mass is 10.00. The third-order valence-electron chi connectivity index (χ3n) is 5.91. The van der Waals surface area contributed by atoms with Gasteiger partial charge >= 0.3 is 6.03 Å². The van der Waals surface area contributed by atoms with Crippen molar-refractivity contribution >= 4 is 72.7 Å². The maximum Gasteiger partial charge on any atom is 0.333 e. The number of pyridine rings is 1. The van der Waals surface area contributed by atoms with Crippen LogP contribution in [-0.4, -0.2) is 26.1 Å². The second kappa shape index (κ2) is 10.7. The number of thiophene rings is 1. The van der Waals surface area contributed by atoms with Crippen molar-refractivity contribution < 1.29 is 13.2 Å². The molecule has 2 amide bonds. The number of benzene rings is 3. The van der Waals surface area contributed by atoms with Gasteiger partial charge in [-0.3, -0.25) is 9.36 Å². The maximum absolute atomic E-state index is 13.5. The van der Waals surface area contributed by atoms with Gasteiger partial charge in [-0.15, -0.1) is 11.3 Å². The van der Waals surface area contributed by atoms with E-state index in [2.05, 4.69) is 10.6 Å². The Morgan fingerprint density at radius 1 is 0.897 bits per heavy atom. The molecule has 3 N–H and O–H groups in total. The second-order valence-electron chi connectivity index (χ2n) is 8.39. The van der Waals surface area contributed by atoms with Crippen molar-refractivity contribution in [2.45, 2.75) is 4.21 Å². The van der Waals surface area contributed by atoms with Gasteiger partial charge < -0.3 is 10.6 Å². The summed E-state index contributed by atoms with van der Waals surface area (Å²) in [7, 11) is -2.33. The third kappa shape index (κ3) is 5.50. The number of amides is 2. The number of fused-ring (bicyclic) bond motifs is 1. The molecule has 8 nitrogen and oxygen atoms in total. The van der Waals surface area contributed by atoms with E-state index in [9.17, 15) is 18.0 Å². The summed E-state index contributed by atoms with van der Waals surface area (Å²) < 4.78 is 28.3. The Hall–Kier alpha value is -3.83. The van der Waals surface area contributed by atoms with E-state index in [-0.39, 0.29) is 19.1 Å². The largest absolute Gasteiger partial charge is 0.388 e. The Bertz CT molecular complexity index is 1850. The Labute approximate surface area is 237 Å². The number of urea groups is 1. The van der Waals surface area contributed by atoms with Crippen LogP contribution in [0.15, 0.2) is 94.1 Å². The highest BCUT2D eigenvalue weighted by Gasteiger charge is 2.22. The van der Waals surface area contributed by atoms with Gasteiger partial charge in [-0.05, 0) is 59.5 Å². The summed E-state index contributed by atoms with van der Waals surface area (Å²) in [4.78, 5) is 25.8. The molecule has 0 aliphatic heterocycles. The average Bonchev–Trinajstić information content (AvgIpc) is 3.28. The number of nitrogens with one attached hydrogen (secondary N) is 3. The molecule has 2 aromatic heterocycles. The van der Waals surface area contributed by atoms with Gasteiger partial charge in [0.2, 0.25) is 0 Å². The van der Waals surface area contributed by atoms with Crippen LogP contribution in [0.5, 0.6) is 0 Å². The van der Waals surface area contributed by atoms with Crippen LogP contribution in [0.4, 0.5) is 16.2 Å². The number of rotatable bonds is 6. The van der Waals surface area contributed by atoms with Crippen LogP contribution in [0.3, 0.4) is 0 Å². The Balaban J connectivity index is 1.45. The highest BCUT2D eigenvalue weighted by atomic mass is 35.5. The fourth-order valence-electron chi connectivity index (χ4n) is 4.03. The molecule has 0 atom stereocenters. The number of hydrogen-bond acceptors (Lipinski definition) is 6. The Morgan fingerprint density at radius 3 is 2.23 bits per heavy atom. The van der Waals surface area contributed by atoms with Crippen LogP contribution in [0.25, 0.3) is 27.6 Å². The van der Waals surface area contributed by atoms with Crippen LogP contribution in [0.2, 0.25) is 9.36 Å². The minimum Gasteiger partial charge on any atom is -0.388 e. The van der Waals surface area contributed by atoms with Gasteiger partial charge in [-0.1, -0.05) is 53.5 Å². The molecule has 5 aromatic rings. The number of hydrogen-bond donors (Lipinski definition) is 3. The van der Waals surface area contributed by atoms with E-state index in [4.69, 9.17) is 23.2 Å². The lowest BCUT2D eigenvalue weighted by Crippen LogP contribution is -2.33. The molecule has 0 bridgehead atoms. The van der Waals surface area contributed by atoms with Crippen molar-refractivity contribution in [3.8, 4) is 16.8 Å². The molecule has 0 aliphatic carbocycles. The number of carbonyl (C=O) groups excluding carboxylic acids is 1. The first-order valence-corrected chi connectivity index (χ1v) is 14.5. The Kier molecular flexibility index (Phi) is 7.37. The van der Waals surface area contributed by atoms with Gasteiger partial charge in [0.1, 0.15) is 8.55 Å². The SMILES string of the molecule is CNc1ccc2c(=O)n(-c3ccc(NC(=O)NS(=O)(=O)c4cc(Cl)c(Cl)s4)cc3)cc(-c3ccccc3)c2c1. The van der Waals surface area contributed by atoms with Crippen LogP contribution in [0, 0.1) is 0 Å². The average molecular weight is 600 g/mol. The second-order valence-corrected chi connectivity index (χ2v) is 12.4. The highest BCUT2D eigenvalue weighted by molar-refractivity contribution is 7.92. The molecule has 0 unspecified atom stereocenters. The summed E-state index contributed by atoms with van der Waals surface area (Å²) in [6.45, 7) is 0. The Morgan fingerprint density at radius 2 is 1.59 bits per heavy atom. The van der Waals surface area contributed by atoms with Crippen LogP contribution >= 0.6 is 34.5 Å². The van der Waals surface area contributed by atoms with Crippen molar-refractivity contribution in [1.29, 1.82) is 0 Å². The molecule has 39 heavy (non-hydrogen) atoms. The van der Waals surface area contributed by atoms with E-state index in [0.717, 1.165) is 33.5 Å². The fourth-order valence-corrected chi connectivity index (χ4v) is 6.82. The van der Waals surface area contributed by atoms with Crippen LogP contribution in [-0.2, 0) is 10.0 Å². The zero-order valence-corrected chi connectivity index (χ0v) is 23.4. The molecule has 0 aliphatic rings. The fraction of sp³-hybridized carbons (Fsp3) is 0.0370. The highest BCUT2D eigenvalue weighted by Crippen LogP contribution is 2.34. The van der Waals surface area contributed by atoms with Crippen molar-refractivity contribution in [3.63, 3.8) is 0 Å². The first-order chi connectivity index (χ1) is 18.7. The topological polar surface area (TPSA) is 109 Å². The summed E-state index contributed by atoms with van der Waals surface area (Å²) in [5, 5.41) is 7.05. The van der Waals surface area contributed by atoms with Gasteiger partial charge in [0.15, 0.2) is 0 Å². The van der Waals surface area contributed by atoms with Crippen molar-refractivity contribution in [1.82, 2.24) is 9.29 Å². The van der Waals surface area contributed by atoms with E-state index >= 15 is 0 Å². The van der Waals surface area contributed by atoms with E-state index < -0.39 is 16.1 Å². The number of sulfonamides is 1. The number of aromatic nitrogens is 1. The number of carbonyl (C=O) groups is 1. The molecule has 0 radical (unpaired) electrons. The standard InChI is InChI=1S/C27H20Cl2N4O4S2/c1-30-18-9-12-20-21(13-18)22(16-5-3-2-4-6-16)15-33(26(20)34)19-10-7-17(8-11-19)31-27(35)32-39(36,37)24-14-23(28)25(29)38-24/h2-15,30H,1H3,(H2,31,32,35). The van der Waals surface area contributed by atoms with E-state index in [1.54, 1.807) is 41.1 Å². The minimum absolute atomic E-state index is 0.0832. The molecule has 3 aromatic carbocycles. The number of anilines is 2. The molecule has 12 heteroatoms. The van der Waals surface area contributed by atoms with Crippen molar-refractivity contribution in [3.05, 3.63) is 105 Å². The van der Waals surface area contributed by atoms with Crippen molar-refractivity contribution in [2.24, 2.45) is 0 Å².